The minimum absolute atomic E-state index is 0.0796. The Morgan fingerprint density at radius 3 is 2.71 bits per heavy atom. The van der Waals surface area contributed by atoms with Gasteiger partial charge >= 0.3 is 5.97 Å². The van der Waals surface area contributed by atoms with E-state index in [9.17, 15) is 9.59 Å². The van der Waals surface area contributed by atoms with Crippen molar-refractivity contribution in [3.63, 3.8) is 0 Å². The molecule has 1 unspecified atom stereocenters. The zero-order valence-electron chi connectivity index (χ0n) is 8.67. The lowest BCUT2D eigenvalue weighted by molar-refractivity contribution is -0.148. The molecule has 1 atom stereocenters. The highest BCUT2D eigenvalue weighted by molar-refractivity contribution is 5.98. The van der Waals surface area contributed by atoms with Gasteiger partial charge in [-0.15, -0.1) is 0 Å². The molecular weight excluding hydrogens is 184 g/mol. The van der Waals surface area contributed by atoms with Crippen molar-refractivity contribution >= 4 is 11.8 Å². The van der Waals surface area contributed by atoms with Gasteiger partial charge in [0.15, 0.2) is 5.78 Å². The maximum absolute atomic E-state index is 11.7. The number of hydrogen-bond donors (Lipinski definition) is 0. The lowest BCUT2D eigenvalue weighted by atomic mass is 9.79. The molecule has 1 heterocycles. The number of ketones is 1. The fourth-order valence-electron chi connectivity index (χ4n) is 1.57. The third-order valence-corrected chi connectivity index (χ3v) is 2.64. The van der Waals surface area contributed by atoms with Crippen LogP contribution in [0.1, 0.15) is 26.2 Å². The third kappa shape index (κ3) is 2.54. The lowest BCUT2D eigenvalue weighted by Gasteiger charge is -2.31. The fourth-order valence-corrected chi connectivity index (χ4v) is 1.57. The van der Waals surface area contributed by atoms with E-state index in [1.54, 1.807) is 0 Å². The van der Waals surface area contributed by atoms with Gasteiger partial charge in [-0.05, 0) is 12.8 Å². The molecule has 0 amide bonds. The number of hydrogen-bond acceptors (Lipinski definition) is 4. The van der Waals surface area contributed by atoms with E-state index in [2.05, 4.69) is 4.74 Å². The smallest absolute Gasteiger partial charge is 0.313 e. The van der Waals surface area contributed by atoms with E-state index < -0.39 is 11.4 Å². The first-order valence-corrected chi connectivity index (χ1v) is 4.76. The molecule has 4 heteroatoms. The van der Waals surface area contributed by atoms with E-state index in [1.807, 2.05) is 6.92 Å². The zero-order valence-corrected chi connectivity index (χ0v) is 8.67. The van der Waals surface area contributed by atoms with Gasteiger partial charge in [0.1, 0.15) is 6.42 Å². The zero-order chi connectivity index (χ0) is 10.6. The van der Waals surface area contributed by atoms with Crippen molar-refractivity contribution in [2.75, 3.05) is 20.3 Å². The number of Topliss-reactive ketones (excluding diaryl/α,β-unsaturated/α-hetero) is 1. The summed E-state index contributed by atoms with van der Waals surface area (Å²) in [5, 5.41) is 0. The van der Waals surface area contributed by atoms with Gasteiger partial charge in [-0.25, -0.2) is 0 Å². The summed E-state index contributed by atoms with van der Waals surface area (Å²) in [6, 6.07) is 0. The Balaban J connectivity index is 2.53. The molecule has 1 saturated heterocycles. The normalized spacial score (nSPS) is 27.0. The highest BCUT2D eigenvalue weighted by Crippen LogP contribution is 2.30. The first-order valence-electron chi connectivity index (χ1n) is 4.76. The summed E-state index contributed by atoms with van der Waals surface area (Å²) in [6.45, 7) is 2.97. The summed E-state index contributed by atoms with van der Waals surface area (Å²) in [5.74, 6) is -0.550. The van der Waals surface area contributed by atoms with Gasteiger partial charge in [-0.2, -0.15) is 0 Å². The molecule has 0 bridgehead atoms. The second-order valence-corrected chi connectivity index (χ2v) is 3.89. The highest BCUT2D eigenvalue weighted by atomic mass is 16.5. The number of rotatable bonds is 3. The molecule has 0 N–H and O–H groups in total. The maximum Gasteiger partial charge on any atom is 0.313 e. The molecular formula is C10H16O4. The van der Waals surface area contributed by atoms with Crippen molar-refractivity contribution in [3.05, 3.63) is 0 Å². The van der Waals surface area contributed by atoms with Crippen LogP contribution in [0.4, 0.5) is 0 Å². The van der Waals surface area contributed by atoms with Crippen molar-refractivity contribution in [1.82, 2.24) is 0 Å². The number of esters is 1. The van der Waals surface area contributed by atoms with Crippen LogP contribution in [0.5, 0.6) is 0 Å². The molecule has 1 rings (SSSR count). The quantitative estimate of drug-likeness (QED) is 0.502. The minimum Gasteiger partial charge on any atom is -0.469 e. The van der Waals surface area contributed by atoms with Crippen LogP contribution >= 0.6 is 0 Å². The third-order valence-electron chi connectivity index (χ3n) is 2.64. The molecule has 1 fully saturated rings. The SMILES string of the molecule is COC(=O)CC(=O)C1(C)CCCOC1. The van der Waals surface area contributed by atoms with Crippen LogP contribution in [0.15, 0.2) is 0 Å². The average Bonchev–Trinajstić information content (AvgIpc) is 2.18. The summed E-state index contributed by atoms with van der Waals surface area (Å²) in [7, 11) is 1.29. The van der Waals surface area contributed by atoms with Gasteiger partial charge in [0.2, 0.25) is 0 Å². The van der Waals surface area contributed by atoms with Crippen LogP contribution in [0.25, 0.3) is 0 Å². The number of ether oxygens (including phenoxy) is 2. The molecule has 1 aliphatic rings. The van der Waals surface area contributed by atoms with Gasteiger partial charge in [0, 0.05) is 6.61 Å². The molecule has 0 saturated carbocycles. The minimum atomic E-state index is -0.494. The van der Waals surface area contributed by atoms with Crippen LogP contribution in [-0.4, -0.2) is 32.1 Å². The van der Waals surface area contributed by atoms with E-state index in [4.69, 9.17) is 4.74 Å². The Kier molecular flexibility index (Phi) is 3.63. The summed E-state index contributed by atoms with van der Waals surface area (Å²) < 4.78 is 9.70. The number of carbonyl (C=O) groups is 2. The first-order chi connectivity index (χ1) is 6.58. The number of methoxy groups -OCH3 is 1. The topological polar surface area (TPSA) is 52.6 Å². The molecule has 0 aromatic heterocycles. The average molecular weight is 200 g/mol. The van der Waals surface area contributed by atoms with Gasteiger partial charge in [0.25, 0.3) is 0 Å². The molecule has 80 valence electrons. The molecule has 0 spiro atoms. The summed E-state index contributed by atoms with van der Waals surface area (Å²) in [6.07, 6.45) is 1.53. The van der Waals surface area contributed by atoms with Crippen LogP contribution in [0.2, 0.25) is 0 Å². The Morgan fingerprint density at radius 2 is 2.21 bits per heavy atom. The van der Waals surface area contributed by atoms with Crippen LogP contribution in [-0.2, 0) is 19.1 Å². The maximum atomic E-state index is 11.7. The molecule has 14 heavy (non-hydrogen) atoms. The molecule has 0 radical (unpaired) electrons. The molecule has 0 aliphatic carbocycles. The van der Waals surface area contributed by atoms with Crippen molar-refractivity contribution in [1.29, 1.82) is 0 Å². The summed E-state index contributed by atoms with van der Waals surface area (Å²) in [5.41, 5.74) is -0.494. The van der Waals surface area contributed by atoms with Gasteiger partial charge in [-0.1, -0.05) is 6.92 Å². The monoisotopic (exact) mass is 200 g/mol. The number of carbonyl (C=O) groups excluding carboxylic acids is 2. The predicted molar refractivity (Wildman–Crippen MR) is 49.8 cm³/mol. The van der Waals surface area contributed by atoms with Crippen molar-refractivity contribution in [2.24, 2.45) is 5.41 Å². The summed E-state index contributed by atoms with van der Waals surface area (Å²) in [4.78, 5) is 22.6. The summed E-state index contributed by atoms with van der Waals surface area (Å²) >= 11 is 0. The lowest BCUT2D eigenvalue weighted by Crippen LogP contribution is -2.37. The van der Waals surface area contributed by atoms with Gasteiger partial charge in [-0.3, -0.25) is 9.59 Å². The predicted octanol–water partition coefficient (Wildman–Crippen LogP) is 0.935. The first kappa shape index (κ1) is 11.2. The Bertz CT molecular complexity index is 228. The second kappa shape index (κ2) is 4.55. The van der Waals surface area contributed by atoms with Crippen molar-refractivity contribution in [2.45, 2.75) is 26.2 Å². The molecule has 0 aromatic carbocycles. The standard InChI is InChI=1S/C10H16O4/c1-10(4-3-5-14-7-10)8(11)6-9(12)13-2/h3-7H2,1-2H3. The van der Waals surface area contributed by atoms with E-state index in [-0.39, 0.29) is 12.2 Å². The van der Waals surface area contributed by atoms with Crippen LogP contribution in [0.3, 0.4) is 0 Å². The van der Waals surface area contributed by atoms with E-state index in [0.29, 0.717) is 13.2 Å². The van der Waals surface area contributed by atoms with Gasteiger partial charge < -0.3 is 9.47 Å². The van der Waals surface area contributed by atoms with Gasteiger partial charge in [0.05, 0.1) is 19.1 Å². The molecule has 0 aromatic rings. The van der Waals surface area contributed by atoms with E-state index >= 15 is 0 Å². The van der Waals surface area contributed by atoms with Crippen LogP contribution in [0, 0.1) is 5.41 Å². The highest BCUT2D eigenvalue weighted by Gasteiger charge is 2.36. The van der Waals surface area contributed by atoms with Crippen molar-refractivity contribution < 1.29 is 19.1 Å². The Labute approximate surface area is 83.6 Å². The molecule has 4 nitrogen and oxygen atoms in total. The van der Waals surface area contributed by atoms with Crippen LogP contribution < -0.4 is 0 Å². The van der Waals surface area contributed by atoms with Crippen molar-refractivity contribution in [3.8, 4) is 0 Å². The van der Waals surface area contributed by atoms with E-state index in [0.717, 1.165) is 12.8 Å². The molecule has 1 aliphatic heterocycles. The van der Waals surface area contributed by atoms with E-state index in [1.165, 1.54) is 7.11 Å². The fraction of sp³-hybridized carbons (Fsp3) is 0.800. The Morgan fingerprint density at radius 1 is 1.50 bits per heavy atom. The largest absolute Gasteiger partial charge is 0.469 e. The second-order valence-electron chi connectivity index (χ2n) is 3.89. The Hall–Kier alpha value is -0.900.